The number of hydrazine groups is 1. The van der Waals surface area contributed by atoms with Crippen molar-refractivity contribution in [2.24, 2.45) is 5.84 Å². The number of nitrogens with two attached hydrogens (primary N) is 1. The summed E-state index contributed by atoms with van der Waals surface area (Å²) in [6.07, 6.45) is 0. The summed E-state index contributed by atoms with van der Waals surface area (Å²) in [5.41, 5.74) is -0.0114. The Balaban J connectivity index is 2.00. The Kier molecular flexibility index (Phi) is 4.31. The third-order valence-corrected chi connectivity index (χ3v) is 5.34. The molecule has 3 aromatic carbocycles. The Labute approximate surface area is 138 Å². The van der Waals surface area contributed by atoms with Crippen molar-refractivity contribution < 1.29 is 17.2 Å². The van der Waals surface area contributed by atoms with Gasteiger partial charge in [0.15, 0.2) is 0 Å². The number of fused-ring (bicyclic) bond motifs is 1. The second kappa shape index (κ2) is 6.27. The van der Waals surface area contributed by atoms with E-state index in [-0.39, 0.29) is 10.5 Å². The average Bonchev–Trinajstić information content (AvgIpc) is 2.56. The van der Waals surface area contributed by atoms with Gasteiger partial charge in [0.05, 0.1) is 11.4 Å². The smallest absolute Gasteiger partial charge is 0.254 e. The maximum atomic E-state index is 13.7. The number of benzene rings is 3. The SMILES string of the molecule is NN(Cc1ccc(F)cc1F)S(=O)(=O)c1cccc2ccccc12. The minimum Gasteiger partial charge on any atom is -0.254 e. The van der Waals surface area contributed by atoms with Crippen LogP contribution >= 0.6 is 0 Å². The minimum atomic E-state index is -4.04. The Morgan fingerprint density at radius 1 is 0.958 bits per heavy atom. The fourth-order valence-corrected chi connectivity index (χ4v) is 3.73. The van der Waals surface area contributed by atoms with Crippen LogP contribution in [-0.4, -0.2) is 12.8 Å². The fourth-order valence-electron chi connectivity index (χ4n) is 2.45. The van der Waals surface area contributed by atoms with E-state index in [1.165, 1.54) is 12.1 Å². The van der Waals surface area contributed by atoms with Crippen LogP contribution < -0.4 is 5.84 Å². The predicted molar refractivity (Wildman–Crippen MR) is 87.2 cm³/mol. The summed E-state index contributed by atoms with van der Waals surface area (Å²) in [7, 11) is -4.04. The summed E-state index contributed by atoms with van der Waals surface area (Å²) < 4.78 is 52.7. The highest BCUT2D eigenvalue weighted by Crippen LogP contribution is 2.25. The molecule has 0 heterocycles. The quantitative estimate of drug-likeness (QED) is 0.582. The lowest BCUT2D eigenvalue weighted by Gasteiger charge is -2.18. The lowest BCUT2D eigenvalue weighted by molar-refractivity contribution is 0.413. The van der Waals surface area contributed by atoms with Crippen LogP contribution in [0.25, 0.3) is 10.8 Å². The third-order valence-electron chi connectivity index (χ3n) is 3.68. The second-order valence-corrected chi connectivity index (χ2v) is 7.12. The molecule has 0 atom stereocenters. The third kappa shape index (κ3) is 3.01. The topological polar surface area (TPSA) is 63.4 Å². The molecule has 4 nitrogen and oxygen atoms in total. The zero-order chi connectivity index (χ0) is 17.3. The standard InChI is InChI=1S/C17H14F2N2O2S/c18-14-9-8-13(16(19)10-14)11-21(20)24(22,23)17-7-3-5-12-4-1-2-6-15(12)17/h1-10H,11,20H2. The van der Waals surface area contributed by atoms with E-state index in [4.69, 9.17) is 5.84 Å². The van der Waals surface area contributed by atoms with Crippen LogP contribution in [0.5, 0.6) is 0 Å². The van der Waals surface area contributed by atoms with Crippen molar-refractivity contribution in [1.82, 2.24) is 4.41 Å². The molecule has 24 heavy (non-hydrogen) atoms. The summed E-state index contributed by atoms with van der Waals surface area (Å²) in [4.78, 5) is 0.0330. The van der Waals surface area contributed by atoms with Gasteiger partial charge in [0, 0.05) is 17.0 Å². The molecule has 0 aliphatic carbocycles. The van der Waals surface area contributed by atoms with Gasteiger partial charge in [0.2, 0.25) is 0 Å². The van der Waals surface area contributed by atoms with Gasteiger partial charge in [-0.25, -0.2) is 17.2 Å². The van der Waals surface area contributed by atoms with Gasteiger partial charge in [-0.2, -0.15) is 0 Å². The summed E-state index contributed by atoms with van der Waals surface area (Å²) in [6, 6.07) is 14.7. The van der Waals surface area contributed by atoms with E-state index in [1.807, 2.05) is 0 Å². The van der Waals surface area contributed by atoms with Crippen molar-refractivity contribution in [3.05, 3.63) is 77.9 Å². The first-order chi connectivity index (χ1) is 11.4. The largest absolute Gasteiger partial charge is 0.256 e. The molecule has 0 aliphatic rings. The van der Waals surface area contributed by atoms with Gasteiger partial charge in [0.1, 0.15) is 11.6 Å². The first-order valence-corrected chi connectivity index (χ1v) is 8.53. The van der Waals surface area contributed by atoms with E-state index in [0.29, 0.717) is 15.9 Å². The van der Waals surface area contributed by atoms with E-state index in [0.717, 1.165) is 11.5 Å². The van der Waals surface area contributed by atoms with Gasteiger partial charge in [-0.1, -0.05) is 42.5 Å². The molecular weight excluding hydrogens is 334 g/mol. The van der Waals surface area contributed by atoms with Crippen LogP contribution in [0.15, 0.2) is 65.6 Å². The van der Waals surface area contributed by atoms with Gasteiger partial charge < -0.3 is 0 Å². The summed E-state index contributed by atoms with van der Waals surface area (Å²) in [5.74, 6) is 4.11. The average molecular weight is 348 g/mol. The summed E-state index contributed by atoms with van der Waals surface area (Å²) in [6.45, 7) is -0.405. The highest BCUT2D eigenvalue weighted by Gasteiger charge is 2.24. The maximum absolute atomic E-state index is 13.7. The molecular formula is C17H14F2N2O2S. The van der Waals surface area contributed by atoms with Gasteiger partial charge >= 0.3 is 0 Å². The van der Waals surface area contributed by atoms with Crippen LogP contribution in [0.2, 0.25) is 0 Å². The number of sulfonamides is 1. The zero-order valence-corrected chi connectivity index (χ0v) is 13.3. The molecule has 2 N–H and O–H groups in total. The monoisotopic (exact) mass is 348 g/mol. The first-order valence-electron chi connectivity index (χ1n) is 7.09. The van der Waals surface area contributed by atoms with Crippen molar-refractivity contribution in [3.63, 3.8) is 0 Å². The lowest BCUT2D eigenvalue weighted by atomic mass is 10.1. The number of halogens is 2. The molecule has 0 fully saturated rings. The van der Waals surface area contributed by atoms with E-state index in [9.17, 15) is 17.2 Å². The summed E-state index contributed by atoms with van der Waals surface area (Å²) >= 11 is 0. The molecule has 124 valence electrons. The van der Waals surface area contributed by atoms with Crippen LogP contribution in [0, 0.1) is 11.6 Å². The van der Waals surface area contributed by atoms with Crippen molar-refractivity contribution in [3.8, 4) is 0 Å². The molecule has 7 heteroatoms. The molecule has 3 rings (SSSR count). The van der Waals surface area contributed by atoms with E-state index in [1.54, 1.807) is 36.4 Å². The maximum Gasteiger partial charge on any atom is 0.256 e. The predicted octanol–water partition coefficient (Wildman–Crippen LogP) is 3.18. The van der Waals surface area contributed by atoms with Crippen LogP contribution in [-0.2, 0) is 16.6 Å². The van der Waals surface area contributed by atoms with E-state index in [2.05, 4.69) is 0 Å². The normalized spacial score (nSPS) is 12.0. The molecule has 3 aromatic rings. The molecule has 0 saturated carbocycles. The molecule has 0 aliphatic heterocycles. The number of hydrogen-bond acceptors (Lipinski definition) is 3. The molecule has 0 amide bonds. The first kappa shape index (κ1) is 16.5. The molecule has 0 bridgehead atoms. The second-order valence-electron chi connectivity index (χ2n) is 5.26. The van der Waals surface area contributed by atoms with Crippen LogP contribution in [0.1, 0.15) is 5.56 Å². The number of rotatable bonds is 4. The molecule has 0 unspecified atom stereocenters. The zero-order valence-electron chi connectivity index (χ0n) is 12.5. The van der Waals surface area contributed by atoms with Gasteiger partial charge in [-0.05, 0) is 17.5 Å². The van der Waals surface area contributed by atoms with Gasteiger partial charge in [0.25, 0.3) is 10.0 Å². The number of nitrogens with zero attached hydrogens (tertiary/aromatic N) is 1. The van der Waals surface area contributed by atoms with Crippen molar-refractivity contribution >= 4 is 20.8 Å². The van der Waals surface area contributed by atoms with Crippen molar-refractivity contribution in [2.45, 2.75) is 11.4 Å². The van der Waals surface area contributed by atoms with E-state index < -0.39 is 28.2 Å². The highest BCUT2D eigenvalue weighted by atomic mass is 32.2. The molecule has 0 saturated heterocycles. The Hall–Kier alpha value is -2.35. The number of hydrogen-bond donors (Lipinski definition) is 1. The lowest BCUT2D eigenvalue weighted by Crippen LogP contribution is -2.37. The highest BCUT2D eigenvalue weighted by molar-refractivity contribution is 7.89. The molecule has 0 aromatic heterocycles. The van der Waals surface area contributed by atoms with Crippen LogP contribution in [0.3, 0.4) is 0 Å². The van der Waals surface area contributed by atoms with Crippen molar-refractivity contribution in [2.75, 3.05) is 0 Å². The fraction of sp³-hybridized carbons (Fsp3) is 0.0588. The molecule has 0 spiro atoms. The Morgan fingerprint density at radius 3 is 2.42 bits per heavy atom. The minimum absolute atomic E-state index is 0.0114. The van der Waals surface area contributed by atoms with Gasteiger partial charge in [-0.3, -0.25) is 5.84 Å². The summed E-state index contributed by atoms with van der Waals surface area (Å²) in [5, 5.41) is 1.27. The van der Waals surface area contributed by atoms with E-state index >= 15 is 0 Å². The van der Waals surface area contributed by atoms with Crippen molar-refractivity contribution in [1.29, 1.82) is 0 Å². The van der Waals surface area contributed by atoms with Gasteiger partial charge in [-0.15, -0.1) is 4.41 Å². The Morgan fingerprint density at radius 2 is 1.67 bits per heavy atom. The Bertz CT molecular complexity index is 1000. The van der Waals surface area contributed by atoms with Crippen LogP contribution in [0.4, 0.5) is 8.78 Å². The molecule has 0 radical (unpaired) electrons.